The minimum atomic E-state index is -1.23. The minimum Gasteiger partial charge on any atom is -0.465 e. The van der Waals surface area contributed by atoms with Gasteiger partial charge in [0.15, 0.2) is 5.78 Å². The number of nitrogens with zero attached hydrogens (tertiary/aromatic N) is 1. The van der Waals surface area contributed by atoms with Crippen LogP contribution in [0.2, 0.25) is 0 Å². The molecule has 2 aromatic rings. The third kappa shape index (κ3) is 2.83. The maximum absolute atomic E-state index is 12.4. The number of nitrogens with one attached hydrogen (secondary N) is 1. The van der Waals surface area contributed by atoms with E-state index >= 15 is 0 Å². The smallest absolute Gasteiger partial charge is 0.409 e. The van der Waals surface area contributed by atoms with Gasteiger partial charge in [0.05, 0.1) is 10.5 Å². The highest BCUT2D eigenvalue weighted by atomic mass is 16.6. The average molecular weight is 326 g/mol. The highest BCUT2D eigenvalue weighted by Gasteiger charge is 2.26. The second-order valence-electron chi connectivity index (χ2n) is 5.54. The summed E-state index contributed by atoms with van der Waals surface area (Å²) in [4.78, 5) is 34.1. The third-order valence-electron chi connectivity index (χ3n) is 3.99. The Bertz CT molecular complexity index is 860. The molecule has 0 saturated carbocycles. The molecule has 1 aliphatic rings. The summed E-state index contributed by atoms with van der Waals surface area (Å²) >= 11 is 0. The monoisotopic (exact) mass is 326 g/mol. The van der Waals surface area contributed by atoms with Crippen LogP contribution in [0.25, 0.3) is 11.1 Å². The Morgan fingerprint density at radius 2 is 1.92 bits per heavy atom. The van der Waals surface area contributed by atoms with Gasteiger partial charge in [0.25, 0.3) is 5.69 Å². The molecule has 0 fully saturated rings. The molecule has 0 aromatic heterocycles. The summed E-state index contributed by atoms with van der Waals surface area (Å²) in [5, 5.41) is 22.5. The number of hydrogen-bond acceptors (Lipinski definition) is 4. The number of rotatable bonds is 3. The molecule has 122 valence electrons. The maximum atomic E-state index is 12.4. The van der Waals surface area contributed by atoms with Crippen LogP contribution < -0.4 is 5.32 Å². The number of nitro groups is 1. The van der Waals surface area contributed by atoms with Crippen molar-refractivity contribution in [3.63, 3.8) is 0 Å². The Balaban J connectivity index is 2.28. The molecule has 0 unspecified atom stereocenters. The van der Waals surface area contributed by atoms with Crippen LogP contribution in [0, 0.1) is 10.1 Å². The Morgan fingerprint density at radius 1 is 1.17 bits per heavy atom. The molecule has 0 radical (unpaired) electrons. The maximum Gasteiger partial charge on any atom is 0.409 e. The molecule has 0 atom stereocenters. The number of anilines is 1. The van der Waals surface area contributed by atoms with Crippen LogP contribution in [0.1, 0.15) is 28.8 Å². The number of fused-ring (bicyclic) bond motifs is 1. The Labute approximate surface area is 137 Å². The van der Waals surface area contributed by atoms with Crippen LogP contribution in [0.15, 0.2) is 36.4 Å². The van der Waals surface area contributed by atoms with Gasteiger partial charge in [0.1, 0.15) is 0 Å². The molecule has 0 spiro atoms. The quantitative estimate of drug-likeness (QED) is 0.657. The van der Waals surface area contributed by atoms with E-state index in [4.69, 9.17) is 5.11 Å². The SMILES string of the molecule is O=C(O)Nc1cc2c(c(-c3ccccc3[N+](=O)[O-])c1)C(=O)CCC2. The number of aryl methyl sites for hydroxylation is 1. The van der Waals surface area contributed by atoms with E-state index in [1.807, 2.05) is 0 Å². The number of amides is 1. The predicted octanol–water partition coefficient (Wildman–Crippen LogP) is 3.87. The summed E-state index contributed by atoms with van der Waals surface area (Å²) < 4.78 is 0. The Morgan fingerprint density at radius 3 is 2.62 bits per heavy atom. The summed E-state index contributed by atoms with van der Waals surface area (Å²) in [6.45, 7) is 0. The molecule has 1 amide bonds. The van der Waals surface area contributed by atoms with Gasteiger partial charge in [-0.15, -0.1) is 0 Å². The lowest BCUT2D eigenvalue weighted by Crippen LogP contribution is -2.15. The van der Waals surface area contributed by atoms with Crippen molar-refractivity contribution in [3.8, 4) is 11.1 Å². The number of ketones is 1. The largest absolute Gasteiger partial charge is 0.465 e. The number of carbonyl (C=O) groups excluding carboxylic acids is 1. The van der Waals surface area contributed by atoms with Crippen LogP contribution in [0.5, 0.6) is 0 Å². The van der Waals surface area contributed by atoms with Crippen molar-refractivity contribution in [1.82, 2.24) is 0 Å². The topological polar surface area (TPSA) is 110 Å². The van der Waals surface area contributed by atoms with E-state index < -0.39 is 11.0 Å². The first-order chi connectivity index (χ1) is 11.5. The van der Waals surface area contributed by atoms with E-state index in [1.54, 1.807) is 24.3 Å². The van der Waals surface area contributed by atoms with Gasteiger partial charge in [0.2, 0.25) is 0 Å². The van der Waals surface area contributed by atoms with E-state index in [0.29, 0.717) is 47.2 Å². The number of nitro benzene ring substituents is 1. The van der Waals surface area contributed by atoms with Crippen LogP contribution in [-0.2, 0) is 6.42 Å². The number of Topliss-reactive ketones (excluding diaryl/α,β-unsaturated/α-hetero) is 1. The van der Waals surface area contributed by atoms with Gasteiger partial charge >= 0.3 is 6.09 Å². The zero-order valence-corrected chi connectivity index (χ0v) is 12.6. The number of hydrogen-bond donors (Lipinski definition) is 2. The summed E-state index contributed by atoms with van der Waals surface area (Å²) in [6, 6.07) is 9.25. The first-order valence-corrected chi connectivity index (χ1v) is 7.41. The van der Waals surface area contributed by atoms with Crippen molar-refractivity contribution >= 4 is 23.3 Å². The lowest BCUT2D eigenvalue weighted by Gasteiger charge is -2.20. The van der Waals surface area contributed by atoms with Crippen LogP contribution in [0.4, 0.5) is 16.2 Å². The fourth-order valence-corrected chi connectivity index (χ4v) is 3.06. The van der Waals surface area contributed by atoms with Gasteiger partial charge < -0.3 is 5.11 Å². The van der Waals surface area contributed by atoms with Crippen molar-refractivity contribution in [2.45, 2.75) is 19.3 Å². The van der Waals surface area contributed by atoms with Gasteiger partial charge in [-0.2, -0.15) is 0 Å². The van der Waals surface area contributed by atoms with Gasteiger partial charge in [0, 0.05) is 29.3 Å². The van der Waals surface area contributed by atoms with Crippen LogP contribution in [0.3, 0.4) is 0 Å². The molecule has 0 heterocycles. The molecular formula is C17H14N2O5. The van der Waals surface area contributed by atoms with E-state index in [-0.39, 0.29) is 11.5 Å². The normalized spacial score (nSPS) is 13.2. The molecule has 0 saturated heterocycles. The lowest BCUT2D eigenvalue weighted by molar-refractivity contribution is -0.384. The Hall–Kier alpha value is -3.22. The number of benzene rings is 2. The summed E-state index contributed by atoms with van der Waals surface area (Å²) in [6.07, 6.45) is 0.458. The van der Waals surface area contributed by atoms with Gasteiger partial charge in [-0.05, 0) is 36.6 Å². The first-order valence-electron chi connectivity index (χ1n) is 7.41. The fraction of sp³-hybridized carbons (Fsp3) is 0.176. The molecule has 7 nitrogen and oxygen atoms in total. The average Bonchev–Trinajstić information content (AvgIpc) is 2.53. The summed E-state index contributed by atoms with van der Waals surface area (Å²) in [7, 11) is 0. The zero-order valence-electron chi connectivity index (χ0n) is 12.6. The van der Waals surface area contributed by atoms with E-state index in [2.05, 4.69) is 5.32 Å². The van der Waals surface area contributed by atoms with Crippen molar-refractivity contribution in [3.05, 3.63) is 57.6 Å². The van der Waals surface area contributed by atoms with E-state index in [0.717, 1.165) is 0 Å². The van der Waals surface area contributed by atoms with Gasteiger partial charge in [-0.25, -0.2) is 4.79 Å². The highest BCUT2D eigenvalue weighted by molar-refractivity contribution is 6.06. The van der Waals surface area contributed by atoms with Crippen LogP contribution in [-0.4, -0.2) is 21.9 Å². The number of para-hydroxylation sites is 1. The first kappa shape index (κ1) is 15.7. The second kappa shape index (κ2) is 6.11. The molecular weight excluding hydrogens is 312 g/mol. The minimum absolute atomic E-state index is 0.0775. The molecule has 0 bridgehead atoms. The third-order valence-corrected chi connectivity index (χ3v) is 3.99. The van der Waals surface area contributed by atoms with Crippen molar-refractivity contribution in [2.75, 3.05) is 5.32 Å². The molecule has 24 heavy (non-hydrogen) atoms. The van der Waals surface area contributed by atoms with Gasteiger partial charge in [-0.3, -0.25) is 20.2 Å². The molecule has 7 heteroatoms. The predicted molar refractivity (Wildman–Crippen MR) is 87.4 cm³/mol. The molecule has 2 aromatic carbocycles. The molecule has 0 aliphatic heterocycles. The fourth-order valence-electron chi connectivity index (χ4n) is 3.06. The highest BCUT2D eigenvalue weighted by Crippen LogP contribution is 2.38. The number of carbonyl (C=O) groups is 2. The molecule has 2 N–H and O–H groups in total. The molecule has 3 rings (SSSR count). The second-order valence-corrected chi connectivity index (χ2v) is 5.54. The number of carboxylic acid groups (broad SMARTS) is 1. The standard InChI is InChI=1S/C17H14N2O5/c20-15-7-3-4-10-8-11(18-17(21)22)9-13(16(10)15)12-5-1-2-6-14(12)19(23)24/h1-2,5-6,8-9,18H,3-4,7H2,(H,21,22). The van der Waals surface area contributed by atoms with Crippen LogP contribution >= 0.6 is 0 Å². The Kier molecular flexibility index (Phi) is 3.99. The zero-order chi connectivity index (χ0) is 17.3. The van der Waals surface area contributed by atoms with Crippen molar-refractivity contribution < 1.29 is 19.6 Å². The molecule has 1 aliphatic carbocycles. The summed E-state index contributed by atoms with van der Waals surface area (Å²) in [5.74, 6) is -0.0775. The van der Waals surface area contributed by atoms with Crippen molar-refractivity contribution in [2.24, 2.45) is 0 Å². The van der Waals surface area contributed by atoms with Gasteiger partial charge in [-0.1, -0.05) is 12.1 Å². The summed E-state index contributed by atoms with van der Waals surface area (Å²) in [5.41, 5.74) is 2.04. The van der Waals surface area contributed by atoms with E-state index in [9.17, 15) is 19.7 Å². The van der Waals surface area contributed by atoms with E-state index in [1.165, 1.54) is 12.1 Å². The van der Waals surface area contributed by atoms with Crippen molar-refractivity contribution in [1.29, 1.82) is 0 Å². The lowest BCUT2D eigenvalue weighted by atomic mass is 9.84.